The zero-order valence-electron chi connectivity index (χ0n) is 10.4. The van der Waals surface area contributed by atoms with Crippen LogP contribution in [0.3, 0.4) is 0 Å². The average molecular weight is 321 g/mol. The minimum atomic E-state index is -0.00596. The first-order valence-electron chi connectivity index (χ1n) is 5.99. The molecular formula is C13H11N3OS3. The van der Waals surface area contributed by atoms with E-state index in [2.05, 4.69) is 21.4 Å². The number of amides is 1. The van der Waals surface area contributed by atoms with Crippen LogP contribution >= 0.6 is 34.4 Å². The number of thiazole rings is 2. The number of benzene rings is 1. The second kappa shape index (κ2) is 6.34. The molecule has 0 aliphatic heterocycles. The molecule has 0 radical (unpaired) electrons. The Hall–Kier alpha value is -1.44. The highest BCUT2D eigenvalue weighted by Gasteiger charge is 2.07. The topological polar surface area (TPSA) is 54.9 Å². The Morgan fingerprint density at radius 3 is 3.05 bits per heavy atom. The number of nitrogens with zero attached hydrogens (tertiary/aromatic N) is 2. The fraction of sp³-hybridized carbons (Fsp3) is 0.154. The minimum Gasteiger partial charge on any atom is -0.302 e. The Kier molecular flexibility index (Phi) is 4.29. The van der Waals surface area contributed by atoms with Crippen LogP contribution in [0, 0.1) is 0 Å². The van der Waals surface area contributed by atoms with E-state index in [1.54, 1.807) is 29.3 Å². The van der Waals surface area contributed by atoms with Crippen LogP contribution in [-0.4, -0.2) is 21.6 Å². The van der Waals surface area contributed by atoms with Crippen molar-refractivity contribution >= 4 is 55.7 Å². The van der Waals surface area contributed by atoms with E-state index in [4.69, 9.17) is 0 Å². The van der Waals surface area contributed by atoms with Gasteiger partial charge in [0, 0.05) is 23.8 Å². The first-order valence-corrected chi connectivity index (χ1v) is 8.67. The van der Waals surface area contributed by atoms with E-state index < -0.39 is 0 Å². The molecule has 0 bridgehead atoms. The number of para-hydroxylation sites is 1. The number of hydrogen-bond donors (Lipinski definition) is 1. The molecule has 102 valence electrons. The van der Waals surface area contributed by atoms with Gasteiger partial charge in [0.15, 0.2) is 9.47 Å². The normalized spacial score (nSPS) is 10.8. The summed E-state index contributed by atoms with van der Waals surface area (Å²) in [6.45, 7) is 0. The number of thioether (sulfide) groups is 1. The summed E-state index contributed by atoms with van der Waals surface area (Å²) in [7, 11) is 0. The molecule has 20 heavy (non-hydrogen) atoms. The van der Waals surface area contributed by atoms with Crippen molar-refractivity contribution in [1.29, 1.82) is 0 Å². The van der Waals surface area contributed by atoms with Gasteiger partial charge in [-0.25, -0.2) is 9.97 Å². The predicted molar refractivity (Wildman–Crippen MR) is 85.7 cm³/mol. The molecule has 4 nitrogen and oxygen atoms in total. The predicted octanol–water partition coefficient (Wildman–Crippen LogP) is 3.87. The van der Waals surface area contributed by atoms with Crippen molar-refractivity contribution in [3.05, 3.63) is 35.8 Å². The number of carbonyl (C=O) groups excluding carboxylic acids is 1. The van der Waals surface area contributed by atoms with Crippen molar-refractivity contribution in [2.45, 2.75) is 10.8 Å². The lowest BCUT2D eigenvalue weighted by Gasteiger charge is -1.99. The van der Waals surface area contributed by atoms with Crippen LogP contribution in [-0.2, 0) is 4.79 Å². The quantitative estimate of drug-likeness (QED) is 0.725. The lowest BCUT2D eigenvalue weighted by molar-refractivity contribution is -0.115. The van der Waals surface area contributed by atoms with Gasteiger partial charge < -0.3 is 5.32 Å². The van der Waals surface area contributed by atoms with Gasteiger partial charge in [0.2, 0.25) is 5.91 Å². The van der Waals surface area contributed by atoms with Crippen LogP contribution in [0.1, 0.15) is 6.42 Å². The Labute approximate surface area is 128 Å². The van der Waals surface area contributed by atoms with Gasteiger partial charge in [-0.3, -0.25) is 4.79 Å². The lowest BCUT2D eigenvalue weighted by atomic mass is 10.3. The Morgan fingerprint density at radius 2 is 2.25 bits per heavy atom. The minimum absolute atomic E-state index is 0.00596. The molecule has 0 atom stereocenters. The lowest BCUT2D eigenvalue weighted by Crippen LogP contribution is -2.11. The number of carbonyl (C=O) groups is 1. The van der Waals surface area contributed by atoms with Gasteiger partial charge in [-0.15, -0.1) is 22.7 Å². The molecule has 1 aromatic carbocycles. The van der Waals surface area contributed by atoms with Crippen molar-refractivity contribution in [3.63, 3.8) is 0 Å². The SMILES string of the molecule is O=C(CCSc1nc2ccccc2s1)Nc1nccs1. The summed E-state index contributed by atoms with van der Waals surface area (Å²) < 4.78 is 2.19. The average Bonchev–Trinajstić information content (AvgIpc) is 3.07. The Morgan fingerprint density at radius 1 is 1.35 bits per heavy atom. The second-order valence-corrected chi connectivity index (χ2v) is 7.20. The zero-order chi connectivity index (χ0) is 13.8. The monoisotopic (exact) mass is 321 g/mol. The maximum absolute atomic E-state index is 11.7. The smallest absolute Gasteiger partial charge is 0.226 e. The summed E-state index contributed by atoms with van der Waals surface area (Å²) >= 11 is 4.70. The Bertz CT molecular complexity index is 676. The van der Waals surface area contributed by atoms with Crippen molar-refractivity contribution < 1.29 is 4.79 Å². The van der Waals surface area contributed by atoms with E-state index in [9.17, 15) is 4.79 Å². The van der Waals surface area contributed by atoms with Crippen molar-refractivity contribution in [2.75, 3.05) is 11.1 Å². The summed E-state index contributed by atoms with van der Waals surface area (Å²) in [6, 6.07) is 8.06. The highest BCUT2D eigenvalue weighted by molar-refractivity contribution is 8.01. The number of hydrogen-bond acceptors (Lipinski definition) is 6. The van der Waals surface area contributed by atoms with Crippen molar-refractivity contribution in [2.24, 2.45) is 0 Å². The molecule has 3 rings (SSSR count). The van der Waals surface area contributed by atoms with Gasteiger partial charge in [-0.05, 0) is 12.1 Å². The summed E-state index contributed by atoms with van der Waals surface area (Å²) in [5.74, 6) is 0.713. The second-order valence-electron chi connectivity index (χ2n) is 3.93. The molecular weight excluding hydrogens is 310 g/mol. The molecule has 0 unspecified atom stereocenters. The summed E-state index contributed by atoms with van der Waals surface area (Å²) in [6.07, 6.45) is 2.14. The van der Waals surface area contributed by atoms with E-state index in [1.807, 2.05) is 23.6 Å². The molecule has 0 saturated heterocycles. The molecule has 2 heterocycles. The van der Waals surface area contributed by atoms with Gasteiger partial charge >= 0.3 is 0 Å². The van der Waals surface area contributed by atoms with Crippen LogP contribution in [0.5, 0.6) is 0 Å². The van der Waals surface area contributed by atoms with E-state index in [1.165, 1.54) is 16.0 Å². The molecule has 0 aliphatic carbocycles. The van der Waals surface area contributed by atoms with Crippen LogP contribution in [0.4, 0.5) is 5.13 Å². The standard InChI is InChI=1S/C13H11N3OS3/c17-11(16-12-14-6-8-18-12)5-7-19-13-15-9-3-1-2-4-10(9)20-13/h1-4,6,8H,5,7H2,(H,14,16,17). The highest BCUT2D eigenvalue weighted by Crippen LogP contribution is 2.29. The molecule has 3 aromatic rings. The molecule has 0 fully saturated rings. The van der Waals surface area contributed by atoms with E-state index >= 15 is 0 Å². The van der Waals surface area contributed by atoms with Gasteiger partial charge in [-0.2, -0.15) is 0 Å². The maximum Gasteiger partial charge on any atom is 0.226 e. The number of fused-ring (bicyclic) bond motifs is 1. The molecule has 0 saturated carbocycles. The molecule has 7 heteroatoms. The number of anilines is 1. The fourth-order valence-electron chi connectivity index (χ4n) is 1.61. The Balaban J connectivity index is 1.51. The number of rotatable bonds is 5. The largest absolute Gasteiger partial charge is 0.302 e. The fourth-order valence-corrected chi connectivity index (χ4v) is 4.23. The summed E-state index contributed by atoms with van der Waals surface area (Å²) in [5.41, 5.74) is 1.02. The van der Waals surface area contributed by atoms with Gasteiger partial charge in [0.05, 0.1) is 10.2 Å². The van der Waals surface area contributed by atoms with Gasteiger partial charge in [0.1, 0.15) is 0 Å². The van der Waals surface area contributed by atoms with E-state index in [-0.39, 0.29) is 5.91 Å². The third-order valence-electron chi connectivity index (χ3n) is 2.51. The van der Waals surface area contributed by atoms with Gasteiger partial charge in [-0.1, -0.05) is 23.9 Å². The van der Waals surface area contributed by atoms with Crippen LogP contribution in [0.25, 0.3) is 10.2 Å². The van der Waals surface area contributed by atoms with Crippen molar-refractivity contribution in [3.8, 4) is 0 Å². The number of nitrogens with one attached hydrogen (secondary N) is 1. The van der Waals surface area contributed by atoms with E-state index in [0.29, 0.717) is 11.6 Å². The zero-order valence-corrected chi connectivity index (χ0v) is 12.9. The van der Waals surface area contributed by atoms with E-state index in [0.717, 1.165) is 15.6 Å². The summed E-state index contributed by atoms with van der Waals surface area (Å²) in [4.78, 5) is 20.2. The third-order valence-corrected chi connectivity index (χ3v) is 5.38. The molecule has 0 spiro atoms. The molecule has 0 aliphatic rings. The molecule has 1 amide bonds. The van der Waals surface area contributed by atoms with Crippen LogP contribution < -0.4 is 5.32 Å². The highest BCUT2D eigenvalue weighted by atomic mass is 32.2. The first-order chi connectivity index (χ1) is 9.81. The van der Waals surface area contributed by atoms with Crippen LogP contribution in [0.2, 0.25) is 0 Å². The third kappa shape index (κ3) is 3.36. The molecule has 2 aromatic heterocycles. The van der Waals surface area contributed by atoms with Crippen LogP contribution in [0.15, 0.2) is 40.2 Å². The first kappa shape index (κ1) is 13.5. The molecule has 1 N–H and O–H groups in total. The summed E-state index contributed by atoms with van der Waals surface area (Å²) in [5, 5.41) is 5.26. The van der Waals surface area contributed by atoms with Gasteiger partial charge in [0.25, 0.3) is 0 Å². The maximum atomic E-state index is 11.7. The number of aromatic nitrogens is 2. The van der Waals surface area contributed by atoms with Crippen molar-refractivity contribution in [1.82, 2.24) is 9.97 Å².